The standard InChI is InChI=1S/C16H15N3O2/c1-17-16-18-13-4-2-3-5-14(13)19(16)10-11-6-8-12(9-7-11)15(20)21/h2-9H,10H2,1H3,(H,17,18)(H,20,21). The van der Waals surface area contributed by atoms with Crippen LogP contribution in [0.4, 0.5) is 5.95 Å². The molecule has 0 aliphatic carbocycles. The maximum Gasteiger partial charge on any atom is 0.335 e. The number of carboxylic acids is 1. The summed E-state index contributed by atoms with van der Waals surface area (Å²) < 4.78 is 2.07. The molecule has 0 radical (unpaired) electrons. The van der Waals surface area contributed by atoms with Crippen LogP contribution in [0.1, 0.15) is 15.9 Å². The van der Waals surface area contributed by atoms with Gasteiger partial charge >= 0.3 is 5.97 Å². The first kappa shape index (κ1) is 13.2. The molecule has 1 heterocycles. The largest absolute Gasteiger partial charge is 0.478 e. The molecule has 21 heavy (non-hydrogen) atoms. The van der Waals surface area contributed by atoms with Crippen LogP contribution < -0.4 is 5.32 Å². The van der Waals surface area contributed by atoms with Gasteiger partial charge in [-0.05, 0) is 29.8 Å². The molecule has 2 aromatic carbocycles. The maximum atomic E-state index is 10.9. The summed E-state index contributed by atoms with van der Waals surface area (Å²) in [7, 11) is 1.84. The highest BCUT2D eigenvalue weighted by molar-refractivity contribution is 5.87. The number of para-hydroxylation sites is 2. The van der Waals surface area contributed by atoms with Crippen LogP contribution in [0, 0.1) is 0 Å². The Morgan fingerprint density at radius 1 is 1.19 bits per heavy atom. The Hall–Kier alpha value is -2.82. The van der Waals surface area contributed by atoms with Crippen molar-refractivity contribution < 1.29 is 9.90 Å². The molecule has 0 amide bonds. The Morgan fingerprint density at radius 3 is 2.57 bits per heavy atom. The van der Waals surface area contributed by atoms with Crippen LogP contribution in [-0.4, -0.2) is 27.7 Å². The minimum atomic E-state index is -0.912. The van der Waals surface area contributed by atoms with Crippen molar-refractivity contribution in [3.8, 4) is 0 Å². The number of benzene rings is 2. The van der Waals surface area contributed by atoms with Gasteiger partial charge in [-0.3, -0.25) is 0 Å². The smallest absolute Gasteiger partial charge is 0.335 e. The molecule has 0 aliphatic heterocycles. The number of aromatic carboxylic acids is 1. The van der Waals surface area contributed by atoms with E-state index in [1.807, 2.05) is 43.4 Å². The summed E-state index contributed by atoms with van der Waals surface area (Å²) in [6, 6.07) is 14.8. The van der Waals surface area contributed by atoms with Crippen molar-refractivity contribution in [2.75, 3.05) is 12.4 Å². The summed E-state index contributed by atoms with van der Waals surface area (Å²) in [5.74, 6) is -0.121. The number of nitrogens with one attached hydrogen (secondary N) is 1. The van der Waals surface area contributed by atoms with Crippen molar-refractivity contribution in [3.05, 3.63) is 59.7 Å². The Labute approximate surface area is 121 Å². The highest BCUT2D eigenvalue weighted by atomic mass is 16.4. The fourth-order valence-corrected chi connectivity index (χ4v) is 2.36. The zero-order valence-corrected chi connectivity index (χ0v) is 11.6. The quantitative estimate of drug-likeness (QED) is 0.771. The molecule has 0 atom stereocenters. The van der Waals surface area contributed by atoms with Gasteiger partial charge in [0.1, 0.15) is 0 Å². The third-order valence-electron chi connectivity index (χ3n) is 3.42. The number of anilines is 1. The van der Waals surface area contributed by atoms with Crippen molar-refractivity contribution >= 4 is 23.0 Å². The molecule has 3 aromatic rings. The lowest BCUT2D eigenvalue weighted by Crippen LogP contribution is -2.05. The molecule has 0 spiro atoms. The number of carboxylic acid groups (broad SMARTS) is 1. The van der Waals surface area contributed by atoms with E-state index in [1.54, 1.807) is 12.1 Å². The molecule has 0 saturated heterocycles. The molecule has 0 aliphatic rings. The average molecular weight is 281 g/mol. The van der Waals surface area contributed by atoms with Crippen LogP contribution in [0.15, 0.2) is 48.5 Å². The van der Waals surface area contributed by atoms with Crippen molar-refractivity contribution in [2.45, 2.75) is 6.54 Å². The van der Waals surface area contributed by atoms with Gasteiger partial charge in [0.25, 0.3) is 0 Å². The van der Waals surface area contributed by atoms with Gasteiger partial charge in [-0.25, -0.2) is 9.78 Å². The molecule has 106 valence electrons. The molecular formula is C16H15N3O2. The average Bonchev–Trinajstić information content (AvgIpc) is 2.86. The summed E-state index contributed by atoms with van der Waals surface area (Å²) in [6.07, 6.45) is 0. The SMILES string of the molecule is CNc1nc2ccccc2n1Cc1ccc(C(=O)O)cc1. The summed E-state index contributed by atoms with van der Waals surface area (Å²) >= 11 is 0. The van der Waals surface area contributed by atoms with E-state index in [-0.39, 0.29) is 0 Å². The Balaban J connectivity index is 1.99. The van der Waals surface area contributed by atoms with Gasteiger partial charge in [0, 0.05) is 7.05 Å². The second-order valence-corrected chi connectivity index (χ2v) is 4.76. The summed E-state index contributed by atoms with van der Waals surface area (Å²) in [4.78, 5) is 15.4. The minimum Gasteiger partial charge on any atom is -0.478 e. The molecule has 0 bridgehead atoms. The zero-order chi connectivity index (χ0) is 14.8. The lowest BCUT2D eigenvalue weighted by atomic mass is 10.1. The molecule has 0 fully saturated rings. The molecular weight excluding hydrogens is 266 g/mol. The van der Waals surface area contributed by atoms with E-state index in [1.165, 1.54) is 0 Å². The van der Waals surface area contributed by atoms with Crippen LogP contribution >= 0.6 is 0 Å². The van der Waals surface area contributed by atoms with Crippen molar-refractivity contribution in [1.82, 2.24) is 9.55 Å². The summed E-state index contributed by atoms with van der Waals surface area (Å²) in [5.41, 5.74) is 3.30. The number of rotatable bonds is 4. The van der Waals surface area contributed by atoms with Crippen molar-refractivity contribution in [2.24, 2.45) is 0 Å². The zero-order valence-electron chi connectivity index (χ0n) is 11.6. The minimum absolute atomic E-state index is 0.295. The first-order valence-corrected chi connectivity index (χ1v) is 6.64. The van der Waals surface area contributed by atoms with Crippen LogP contribution in [0.25, 0.3) is 11.0 Å². The van der Waals surface area contributed by atoms with E-state index >= 15 is 0 Å². The number of carbonyl (C=O) groups is 1. The van der Waals surface area contributed by atoms with Gasteiger partial charge in [-0.15, -0.1) is 0 Å². The molecule has 5 nitrogen and oxygen atoms in total. The molecule has 3 rings (SSSR count). The second-order valence-electron chi connectivity index (χ2n) is 4.76. The Kier molecular flexibility index (Phi) is 3.31. The molecule has 1 aromatic heterocycles. The predicted octanol–water partition coefficient (Wildman–Crippen LogP) is 2.82. The van der Waals surface area contributed by atoms with Crippen LogP contribution in [-0.2, 0) is 6.54 Å². The van der Waals surface area contributed by atoms with Crippen molar-refractivity contribution in [3.63, 3.8) is 0 Å². The monoisotopic (exact) mass is 281 g/mol. The van der Waals surface area contributed by atoms with Crippen LogP contribution in [0.2, 0.25) is 0 Å². The lowest BCUT2D eigenvalue weighted by Gasteiger charge is -2.09. The third kappa shape index (κ3) is 2.45. The van der Waals surface area contributed by atoms with E-state index in [0.29, 0.717) is 12.1 Å². The molecule has 5 heteroatoms. The topological polar surface area (TPSA) is 67.2 Å². The molecule has 2 N–H and O–H groups in total. The van der Waals surface area contributed by atoms with Gasteiger partial charge in [0.05, 0.1) is 23.1 Å². The summed E-state index contributed by atoms with van der Waals surface area (Å²) in [5, 5.41) is 12.0. The third-order valence-corrected chi connectivity index (χ3v) is 3.42. The van der Waals surface area contributed by atoms with Crippen molar-refractivity contribution in [1.29, 1.82) is 0 Å². The van der Waals surface area contributed by atoms with Gasteiger partial charge in [-0.1, -0.05) is 24.3 Å². The Bertz CT molecular complexity index is 791. The second kappa shape index (κ2) is 5.28. The summed E-state index contributed by atoms with van der Waals surface area (Å²) in [6.45, 7) is 0.636. The number of nitrogens with zero attached hydrogens (tertiary/aromatic N) is 2. The number of hydrogen-bond donors (Lipinski definition) is 2. The fraction of sp³-hybridized carbons (Fsp3) is 0.125. The number of aromatic nitrogens is 2. The van der Waals surface area contributed by atoms with E-state index < -0.39 is 5.97 Å². The van der Waals surface area contributed by atoms with E-state index in [9.17, 15) is 4.79 Å². The fourth-order valence-electron chi connectivity index (χ4n) is 2.36. The van der Waals surface area contributed by atoms with Gasteiger partial charge in [-0.2, -0.15) is 0 Å². The highest BCUT2D eigenvalue weighted by Gasteiger charge is 2.10. The van der Waals surface area contributed by atoms with E-state index in [0.717, 1.165) is 22.5 Å². The maximum absolute atomic E-state index is 10.9. The predicted molar refractivity (Wildman–Crippen MR) is 81.8 cm³/mol. The van der Waals surface area contributed by atoms with Crippen LogP contribution in [0.3, 0.4) is 0 Å². The van der Waals surface area contributed by atoms with Gasteiger partial charge in [0.2, 0.25) is 5.95 Å². The van der Waals surface area contributed by atoms with Crippen LogP contribution in [0.5, 0.6) is 0 Å². The van der Waals surface area contributed by atoms with Gasteiger partial charge < -0.3 is 15.0 Å². The lowest BCUT2D eigenvalue weighted by molar-refractivity contribution is 0.0697. The normalized spacial score (nSPS) is 10.7. The Morgan fingerprint density at radius 2 is 1.90 bits per heavy atom. The number of hydrogen-bond acceptors (Lipinski definition) is 3. The number of imidazole rings is 1. The van der Waals surface area contributed by atoms with E-state index in [2.05, 4.69) is 14.9 Å². The van der Waals surface area contributed by atoms with Gasteiger partial charge in [0.15, 0.2) is 0 Å². The highest BCUT2D eigenvalue weighted by Crippen LogP contribution is 2.21. The van der Waals surface area contributed by atoms with E-state index in [4.69, 9.17) is 5.11 Å². The first-order valence-electron chi connectivity index (χ1n) is 6.64. The number of fused-ring (bicyclic) bond motifs is 1. The molecule has 0 saturated carbocycles. The first-order chi connectivity index (χ1) is 10.2. The molecule has 0 unspecified atom stereocenters.